The molecule has 0 atom stereocenters. The van der Waals surface area contributed by atoms with Crippen LogP contribution in [0.4, 0.5) is 0 Å². The first-order valence-corrected chi connectivity index (χ1v) is 6.98. The third-order valence-corrected chi connectivity index (χ3v) is 4.11. The van der Waals surface area contributed by atoms with Gasteiger partial charge in [0.1, 0.15) is 5.56 Å². The highest BCUT2D eigenvalue weighted by atomic mass is 32.2. The average molecular weight is 267 g/mol. The summed E-state index contributed by atoms with van der Waals surface area (Å²) in [7, 11) is 0. The van der Waals surface area contributed by atoms with Crippen LogP contribution in [0.1, 0.15) is 37.6 Å². The molecule has 0 aliphatic carbocycles. The Morgan fingerprint density at radius 1 is 1.61 bits per heavy atom. The van der Waals surface area contributed by atoms with Crippen molar-refractivity contribution in [3.8, 4) is 0 Å². The fraction of sp³-hybridized carbons (Fsp3) is 0.583. The smallest absolute Gasteiger partial charge is 0.267 e. The zero-order valence-electron chi connectivity index (χ0n) is 10.8. The zero-order valence-corrected chi connectivity index (χ0v) is 11.6. The van der Waals surface area contributed by atoms with E-state index in [9.17, 15) is 9.59 Å². The summed E-state index contributed by atoms with van der Waals surface area (Å²) in [5.41, 5.74) is -0.431. The summed E-state index contributed by atoms with van der Waals surface area (Å²) in [6.45, 7) is 6.48. The molecule has 0 saturated heterocycles. The van der Waals surface area contributed by atoms with Crippen molar-refractivity contribution < 1.29 is 4.79 Å². The molecule has 0 unspecified atom stereocenters. The van der Waals surface area contributed by atoms with Crippen LogP contribution in [0.15, 0.2) is 16.1 Å². The predicted molar refractivity (Wildman–Crippen MR) is 71.1 cm³/mol. The van der Waals surface area contributed by atoms with E-state index < -0.39 is 0 Å². The molecule has 6 heteroatoms. The molecule has 1 aromatic rings. The van der Waals surface area contributed by atoms with Gasteiger partial charge < -0.3 is 5.32 Å². The van der Waals surface area contributed by atoms with Gasteiger partial charge in [-0.2, -0.15) is 0 Å². The summed E-state index contributed by atoms with van der Waals surface area (Å²) in [4.78, 5) is 28.4. The first-order valence-electron chi connectivity index (χ1n) is 6.00. The van der Waals surface area contributed by atoms with E-state index in [-0.39, 0.29) is 22.6 Å². The number of nitrogens with zero attached hydrogens (tertiary/aromatic N) is 2. The summed E-state index contributed by atoms with van der Waals surface area (Å²) < 4.78 is 1.57. The SMILES string of the molecule is CCC(C)(C)NC(=O)c1cnc2n(c1=O)CCS2. The first-order chi connectivity index (χ1) is 8.44. The summed E-state index contributed by atoms with van der Waals surface area (Å²) in [5, 5.41) is 3.56. The van der Waals surface area contributed by atoms with Gasteiger partial charge in [0.2, 0.25) is 0 Å². The second-order valence-electron chi connectivity index (χ2n) is 4.95. The Labute approximate surface area is 110 Å². The van der Waals surface area contributed by atoms with E-state index in [1.165, 1.54) is 6.20 Å². The number of thioether (sulfide) groups is 1. The van der Waals surface area contributed by atoms with Crippen LogP contribution < -0.4 is 10.9 Å². The normalized spacial score (nSPS) is 14.4. The lowest BCUT2D eigenvalue weighted by molar-refractivity contribution is 0.0908. The van der Waals surface area contributed by atoms with Crippen molar-refractivity contribution in [3.05, 3.63) is 22.1 Å². The molecule has 2 rings (SSSR count). The summed E-state index contributed by atoms with van der Waals surface area (Å²) in [6.07, 6.45) is 2.18. The monoisotopic (exact) mass is 267 g/mol. The Morgan fingerprint density at radius 2 is 2.33 bits per heavy atom. The molecule has 1 amide bonds. The lowest BCUT2D eigenvalue weighted by atomic mass is 10.0. The van der Waals surface area contributed by atoms with Gasteiger partial charge in [0.05, 0.1) is 0 Å². The van der Waals surface area contributed by atoms with Crippen LogP contribution >= 0.6 is 11.8 Å². The largest absolute Gasteiger partial charge is 0.347 e. The number of aromatic nitrogens is 2. The molecule has 0 bridgehead atoms. The molecule has 98 valence electrons. The predicted octanol–water partition coefficient (Wildman–Crippen LogP) is 1.27. The molecule has 0 fully saturated rings. The van der Waals surface area contributed by atoms with Crippen molar-refractivity contribution in [1.29, 1.82) is 0 Å². The lowest BCUT2D eigenvalue weighted by Crippen LogP contribution is -2.45. The van der Waals surface area contributed by atoms with Gasteiger partial charge in [0.15, 0.2) is 5.16 Å². The van der Waals surface area contributed by atoms with Crippen molar-refractivity contribution in [2.45, 2.75) is 44.4 Å². The Hall–Kier alpha value is -1.30. The van der Waals surface area contributed by atoms with Gasteiger partial charge in [-0.25, -0.2) is 4.98 Å². The summed E-state index contributed by atoms with van der Waals surface area (Å²) in [6, 6.07) is 0. The van der Waals surface area contributed by atoms with Crippen LogP contribution in [0.3, 0.4) is 0 Å². The van der Waals surface area contributed by atoms with Crippen molar-refractivity contribution in [2.75, 3.05) is 5.75 Å². The quantitative estimate of drug-likeness (QED) is 0.838. The fourth-order valence-electron chi connectivity index (χ4n) is 1.64. The second-order valence-corrected chi connectivity index (χ2v) is 6.01. The number of fused-ring (bicyclic) bond motifs is 1. The minimum absolute atomic E-state index is 0.128. The Bertz CT molecular complexity index is 537. The van der Waals surface area contributed by atoms with E-state index >= 15 is 0 Å². The van der Waals surface area contributed by atoms with Gasteiger partial charge in [-0.3, -0.25) is 14.2 Å². The molecule has 1 N–H and O–H groups in total. The maximum Gasteiger partial charge on any atom is 0.267 e. The van der Waals surface area contributed by atoms with Crippen LogP contribution in [0.25, 0.3) is 0 Å². The van der Waals surface area contributed by atoms with Crippen LogP contribution in [0.5, 0.6) is 0 Å². The van der Waals surface area contributed by atoms with Gasteiger partial charge in [-0.05, 0) is 20.3 Å². The molecule has 1 aromatic heterocycles. The molecule has 18 heavy (non-hydrogen) atoms. The molecule has 1 aliphatic heterocycles. The van der Waals surface area contributed by atoms with Gasteiger partial charge in [-0.15, -0.1) is 0 Å². The van der Waals surface area contributed by atoms with Gasteiger partial charge in [0.25, 0.3) is 11.5 Å². The van der Waals surface area contributed by atoms with Crippen molar-refractivity contribution in [3.63, 3.8) is 0 Å². The third kappa shape index (κ3) is 2.43. The summed E-state index contributed by atoms with van der Waals surface area (Å²) in [5.74, 6) is 0.500. The molecule has 0 radical (unpaired) electrons. The number of hydrogen-bond donors (Lipinski definition) is 1. The second kappa shape index (κ2) is 4.76. The highest BCUT2D eigenvalue weighted by molar-refractivity contribution is 7.99. The Kier molecular flexibility index (Phi) is 3.47. The van der Waals surface area contributed by atoms with E-state index in [2.05, 4.69) is 10.3 Å². The van der Waals surface area contributed by atoms with Crippen LogP contribution in [0, 0.1) is 0 Å². The van der Waals surface area contributed by atoms with Crippen molar-refractivity contribution in [1.82, 2.24) is 14.9 Å². The van der Waals surface area contributed by atoms with Gasteiger partial charge in [0, 0.05) is 24.0 Å². The van der Waals surface area contributed by atoms with Crippen LogP contribution in [-0.2, 0) is 6.54 Å². The van der Waals surface area contributed by atoms with Crippen LogP contribution in [-0.4, -0.2) is 26.8 Å². The number of amides is 1. The molecule has 0 saturated carbocycles. The van der Waals surface area contributed by atoms with E-state index in [1.807, 2.05) is 20.8 Å². The number of rotatable bonds is 3. The van der Waals surface area contributed by atoms with E-state index in [0.717, 1.165) is 12.2 Å². The highest BCUT2D eigenvalue weighted by Gasteiger charge is 2.24. The Balaban J connectivity index is 2.30. The Morgan fingerprint density at radius 3 is 3.00 bits per heavy atom. The van der Waals surface area contributed by atoms with Crippen LogP contribution in [0.2, 0.25) is 0 Å². The first kappa shape index (κ1) is 13.1. The highest BCUT2D eigenvalue weighted by Crippen LogP contribution is 2.20. The molecule has 1 aliphatic rings. The number of carbonyl (C=O) groups excluding carboxylic acids is 1. The minimum Gasteiger partial charge on any atom is -0.347 e. The van der Waals surface area contributed by atoms with Gasteiger partial charge >= 0.3 is 0 Å². The molecular formula is C12H17N3O2S. The zero-order chi connectivity index (χ0) is 13.3. The topological polar surface area (TPSA) is 64.0 Å². The molecule has 0 aromatic carbocycles. The fourth-order valence-corrected chi connectivity index (χ4v) is 2.55. The van der Waals surface area contributed by atoms with E-state index in [0.29, 0.717) is 11.7 Å². The molecule has 5 nitrogen and oxygen atoms in total. The number of hydrogen-bond acceptors (Lipinski definition) is 4. The van der Waals surface area contributed by atoms with E-state index in [1.54, 1.807) is 16.3 Å². The number of carbonyl (C=O) groups is 1. The average Bonchev–Trinajstić information content (AvgIpc) is 2.77. The minimum atomic E-state index is -0.341. The van der Waals surface area contributed by atoms with Gasteiger partial charge in [-0.1, -0.05) is 18.7 Å². The maximum atomic E-state index is 12.1. The van der Waals surface area contributed by atoms with E-state index in [4.69, 9.17) is 0 Å². The maximum absolute atomic E-state index is 12.1. The van der Waals surface area contributed by atoms with Crippen molar-refractivity contribution >= 4 is 17.7 Å². The number of nitrogens with one attached hydrogen (secondary N) is 1. The third-order valence-electron chi connectivity index (χ3n) is 3.14. The standard InChI is InChI=1S/C12H17N3O2S/c1-4-12(2,3)14-9(16)8-7-13-11-15(10(8)17)5-6-18-11/h7H,4-6H2,1-3H3,(H,14,16). The van der Waals surface area contributed by atoms with Crippen molar-refractivity contribution in [2.24, 2.45) is 0 Å². The molecule has 2 heterocycles. The molecular weight excluding hydrogens is 250 g/mol. The lowest BCUT2D eigenvalue weighted by Gasteiger charge is -2.24. The molecule has 0 spiro atoms. The summed E-state index contributed by atoms with van der Waals surface area (Å²) >= 11 is 1.54.